The van der Waals surface area contributed by atoms with Crippen LogP contribution in [0.25, 0.3) is 0 Å². The Bertz CT molecular complexity index is 451. The van der Waals surface area contributed by atoms with Gasteiger partial charge in [-0.1, -0.05) is 0 Å². The van der Waals surface area contributed by atoms with Gasteiger partial charge >= 0.3 is 0 Å². The maximum Gasteiger partial charge on any atom is 0.251 e. The van der Waals surface area contributed by atoms with Gasteiger partial charge in [-0.2, -0.15) is 0 Å². The summed E-state index contributed by atoms with van der Waals surface area (Å²) in [5.74, 6) is -2.08. The van der Waals surface area contributed by atoms with Crippen molar-refractivity contribution in [2.45, 2.75) is 18.9 Å². The van der Waals surface area contributed by atoms with Gasteiger partial charge in [0.1, 0.15) is 17.3 Å². The first-order valence-electron chi connectivity index (χ1n) is 6.18. The zero-order chi connectivity index (χ0) is 13.8. The van der Waals surface area contributed by atoms with Crippen LogP contribution in [0.15, 0.2) is 12.1 Å². The lowest BCUT2D eigenvalue weighted by molar-refractivity contribution is 0.0857. The standard InChI is InChI=1S/C13H16F2N2O2/c1-16-12-10(14)5-8(6-11(12)15)13(18)17-7-9-3-2-4-19-9/h5-6,9,16H,2-4,7H2,1H3,(H,17,18). The van der Waals surface area contributed by atoms with Crippen LogP contribution in [0.2, 0.25) is 0 Å². The summed E-state index contributed by atoms with van der Waals surface area (Å²) in [6.45, 7) is 1.05. The molecule has 1 aromatic carbocycles. The molecule has 0 aliphatic carbocycles. The third kappa shape index (κ3) is 3.20. The first-order valence-corrected chi connectivity index (χ1v) is 6.18. The van der Waals surface area contributed by atoms with E-state index in [0.29, 0.717) is 13.2 Å². The number of benzene rings is 1. The Hall–Kier alpha value is -1.69. The van der Waals surface area contributed by atoms with Gasteiger partial charge < -0.3 is 15.4 Å². The van der Waals surface area contributed by atoms with E-state index < -0.39 is 17.5 Å². The van der Waals surface area contributed by atoms with Crippen molar-refractivity contribution in [3.05, 3.63) is 29.3 Å². The predicted molar refractivity (Wildman–Crippen MR) is 67.2 cm³/mol. The molecule has 1 unspecified atom stereocenters. The molecule has 0 saturated carbocycles. The molecule has 1 fully saturated rings. The minimum Gasteiger partial charge on any atom is -0.383 e. The second kappa shape index (κ2) is 5.97. The molecule has 1 heterocycles. The lowest BCUT2D eigenvalue weighted by Gasteiger charge is -2.11. The molecule has 104 valence electrons. The molecule has 1 amide bonds. The van der Waals surface area contributed by atoms with Crippen molar-refractivity contribution in [2.75, 3.05) is 25.5 Å². The zero-order valence-electron chi connectivity index (χ0n) is 10.6. The quantitative estimate of drug-likeness (QED) is 0.878. The monoisotopic (exact) mass is 270 g/mol. The number of halogens is 2. The minimum atomic E-state index is -0.787. The summed E-state index contributed by atoms with van der Waals surface area (Å²) in [6.07, 6.45) is 1.86. The number of hydrogen-bond donors (Lipinski definition) is 2. The highest BCUT2D eigenvalue weighted by atomic mass is 19.1. The van der Waals surface area contributed by atoms with E-state index in [1.165, 1.54) is 7.05 Å². The fourth-order valence-corrected chi connectivity index (χ4v) is 2.06. The molecule has 0 aromatic heterocycles. The Labute approximate surface area is 110 Å². The lowest BCUT2D eigenvalue weighted by atomic mass is 10.1. The summed E-state index contributed by atoms with van der Waals surface area (Å²) in [6, 6.07) is 2.03. The van der Waals surface area contributed by atoms with Gasteiger partial charge in [-0.25, -0.2) is 8.78 Å². The molecule has 19 heavy (non-hydrogen) atoms. The Morgan fingerprint density at radius 1 is 1.42 bits per heavy atom. The minimum absolute atomic E-state index is 0.00442. The first-order chi connectivity index (χ1) is 9.11. The number of amides is 1. The average molecular weight is 270 g/mol. The van der Waals surface area contributed by atoms with E-state index in [4.69, 9.17) is 4.74 Å². The number of hydrogen-bond acceptors (Lipinski definition) is 3. The third-order valence-corrected chi connectivity index (χ3v) is 3.07. The topological polar surface area (TPSA) is 50.4 Å². The maximum atomic E-state index is 13.5. The summed E-state index contributed by atoms with van der Waals surface area (Å²) in [4.78, 5) is 11.8. The molecule has 2 rings (SSSR count). The number of nitrogens with one attached hydrogen (secondary N) is 2. The van der Waals surface area contributed by atoms with Gasteiger partial charge in [0.25, 0.3) is 5.91 Å². The summed E-state index contributed by atoms with van der Waals surface area (Å²) in [5, 5.41) is 5.02. The average Bonchev–Trinajstić information content (AvgIpc) is 2.88. The van der Waals surface area contributed by atoms with E-state index in [1.807, 2.05) is 0 Å². The van der Waals surface area contributed by atoms with Crippen LogP contribution in [0.3, 0.4) is 0 Å². The molecular weight excluding hydrogens is 254 g/mol. The van der Waals surface area contributed by atoms with Gasteiger partial charge in [0.15, 0.2) is 0 Å². The van der Waals surface area contributed by atoms with E-state index in [2.05, 4.69) is 10.6 Å². The van der Waals surface area contributed by atoms with Crippen LogP contribution in [0, 0.1) is 11.6 Å². The first kappa shape index (κ1) is 13.7. The molecule has 1 saturated heterocycles. The molecule has 1 aliphatic rings. The van der Waals surface area contributed by atoms with Crippen LogP contribution in [-0.4, -0.2) is 32.2 Å². The normalized spacial score (nSPS) is 18.4. The molecule has 0 radical (unpaired) electrons. The van der Waals surface area contributed by atoms with Crippen LogP contribution in [0.4, 0.5) is 14.5 Å². The van der Waals surface area contributed by atoms with E-state index in [0.717, 1.165) is 25.0 Å². The summed E-state index contributed by atoms with van der Waals surface area (Å²) in [5.41, 5.74) is -0.275. The lowest BCUT2D eigenvalue weighted by Crippen LogP contribution is -2.31. The summed E-state index contributed by atoms with van der Waals surface area (Å²) in [7, 11) is 1.42. The Morgan fingerprint density at radius 3 is 2.63 bits per heavy atom. The van der Waals surface area contributed by atoms with Gasteiger partial charge in [0, 0.05) is 25.8 Å². The highest BCUT2D eigenvalue weighted by molar-refractivity contribution is 5.94. The van der Waals surface area contributed by atoms with E-state index in [-0.39, 0.29) is 17.4 Å². The van der Waals surface area contributed by atoms with Crippen molar-refractivity contribution in [3.8, 4) is 0 Å². The highest BCUT2D eigenvalue weighted by Crippen LogP contribution is 2.20. The van der Waals surface area contributed by atoms with Gasteiger partial charge in [-0.05, 0) is 25.0 Å². The molecule has 0 spiro atoms. The number of carbonyl (C=O) groups excluding carboxylic acids is 1. The van der Waals surface area contributed by atoms with Crippen LogP contribution in [-0.2, 0) is 4.74 Å². The predicted octanol–water partition coefficient (Wildman–Crippen LogP) is 1.92. The van der Waals surface area contributed by atoms with E-state index in [9.17, 15) is 13.6 Å². The fourth-order valence-electron chi connectivity index (χ4n) is 2.06. The second-order valence-corrected chi connectivity index (χ2v) is 4.41. The van der Waals surface area contributed by atoms with Crippen LogP contribution < -0.4 is 10.6 Å². The van der Waals surface area contributed by atoms with Crippen LogP contribution in [0.1, 0.15) is 23.2 Å². The molecule has 1 aliphatic heterocycles. The fraction of sp³-hybridized carbons (Fsp3) is 0.462. The maximum absolute atomic E-state index is 13.5. The second-order valence-electron chi connectivity index (χ2n) is 4.41. The molecule has 1 aromatic rings. The number of rotatable bonds is 4. The van der Waals surface area contributed by atoms with Crippen molar-refractivity contribution in [3.63, 3.8) is 0 Å². The summed E-state index contributed by atoms with van der Waals surface area (Å²) >= 11 is 0. The molecule has 2 N–H and O–H groups in total. The molecule has 1 atom stereocenters. The number of ether oxygens (including phenoxy) is 1. The van der Waals surface area contributed by atoms with Gasteiger partial charge in [0.2, 0.25) is 0 Å². The van der Waals surface area contributed by atoms with Crippen molar-refractivity contribution in [1.29, 1.82) is 0 Å². The van der Waals surface area contributed by atoms with E-state index in [1.54, 1.807) is 0 Å². The summed E-state index contributed by atoms with van der Waals surface area (Å²) < 4.78 is 32.4. The molecule has 6 heteroatoms. The van der Waals surface area contributed by atoms with Crippen molar-refractivity contribution >= 4 is 11.6 Å². The van der Waals surface area contributed by atoms with Gasteiger partial charge in [0.05, 0.1) is 6.10 Å². The smallest absolute Gasteiger partial charge is 0.251 e. The van der Waals surface area contributed by atoms with Crippen LogP contribution in [0.5, 0.6) is 0 Å². The van der Waals surface area contributed by atoms with Crippen molar-refractivity contribution < 1.29 is 18.3 Å². The molecule has 0 bridgehead atoms. The zero-order valence-corrected chi connectivity index (χ0v) is 10.6. The molecular formula is C13H16F2N2O2. The Morgan fingerprint density at radius 2 is 2.11 bits per heavy atom. The van der Waals surface area contributed by atoms with E-state index >= 15 is 0 Å². The van der Waals surface area contributed by atoms with Gasteiger partial charge in [-0.3, -0.25) is 4.79 Å². The van der Waals surface area contributed by atoms with Crippen molar-refractivity contribution in [1.82, 2.24) is 5.32 Å². The number of carbonyl (C=O) groups is 1. The SMILES string of the molecule is CNc1c(F)cc(C(=O)NCC2CCCO2)cc1F. The largest absolute Gasteiger partial charge is 0.383 e. The Balaban J connectivity index is 2.02. The third-order valence-electron chi connectivity index (χ3n) is 3.07. The molecule has 4 nitrogen and oxygen atoms in total. The van der Waals surface area contributed by atoms with Crippen molar-refractivity contribution in [2.24, 2.45) is 0 Å². The highest BCUT2D eigenvalue weighted by Gasteiger charge is 2.18. The Kier molecular flexibility index (Phi) is 4.31. The van der Waals surface area contributed by atoms with Gasteiger partial charge in [-0.15, -0.1) is 0 Å². The number of anilines is 1. The van der Waals surface area contributed by atoms with Crippen LogP contribution >= 0.6 is 0 Å².